The Morgan fingerprint density at radius 3 is 2.45 bits per heavy atom. The van der Waals surface area contributed by atoms with Gasteiger partial charge in [-0.15, -0.1) is 24.0 Å². The normalized spacial score (nSPS) is 15.1. The summed E-state index contributed by atoms with van der Waals surface area (Å²) in [4.78, 5) is 17.9. The van der Waals surface area contributed by atoms with E-state index in [4.69, 9.17) is 4.74 Å². The molecular weight excluding hydrogens is 479 g/mol. The second kappa shape index (κ2) is 13.7. The fourth-order valence-electron chi connectivity index (χ4n) is 3.38. The molecule has 0 aromatic heterocycles. The molecule has 0 unspecified atom stereocenters. The average molecular weight is 516 g/mol. The van der Waals surface area contributed by atoms with E-state index in [9.17, 15) is 4.79 Å². The Balaban J connectivity index is 0.00000420. The van der Waals surface area contributed by atoms with Gasteiger partial charge in [-0.3, -0.25) is 4.99 Å². The van der Waals surface area contributed by atoms with Gasteiger partial charge < -0.3 is 20.3 Å². The molecule has 1 amide bonds. The highest BCUT2D eigenvalue weighted by Crippen LogP contribution is 2.15. The molecule has 0 spiro atoms. The number of hydrogen-bond donors (Lipinski definition) is 2. The number of benzene rings is 1. The van der Waals surface area contributed by atoms with E-state index in [1.807, 2.05) is 6.92 Å². The summed E-state index contributed by atoms with van der Waals surface area (Å²) in [5, 5.41) is 6.88. The van der Waals surface area contributed by atoms with Crippen LogP contribution in [0.25, 0.3) is 0 Å². The van der Waals surface area contributed by atoms with Crippen molar-refractivity contribution in [2.45, 2.75) is 58.4 Å². The van der Waals surface area contributed by atoms with Gasteiger partial charge >= 0.3 is 6.09 Å². The number of amides is 1. The zero-order valence-electron chi connectivity index (χ0n) is 18.2. The molecule has 1 aromatic rings. The summed E-state index contributed by atoms with van der Waals surface area (Å²) in [6.45, 7) is 9.03. The van der Waals surface area contributed by atoms with Gasteiger partial charge in [-0.05, 0) is 49.7 Å². The van der Waals surface area contributed by atoms with Crippen LogP contribution in [0.15, 0.2) is 29.3 Å². The van der Waals surface area contributed by atoms with Gasteiger partial charge in [-0.25, -0.2) is 4.79 Å². The average Bonchev–Trinajstić information content (AvgIpc) is 2.71. The molecule has 0 radical (unpaired) electrons. The van der Waals surface area contributed by atoms with Crippen LogP contribution < -0.4 is 10.6 Å². The van der Waals surface area contributed by atoms with Crippen molar-refractivity contribution in [3.05, 3.63) is 35.4 Å². The van der Waals surface area contributed by atoms with Gasteiger partial charge in [-0.2, -0.15) is 0 Å². The van der Waals surface area contributed by atoms with Crippen molar-refractivity contribution in [2.24, 2.45) is 4.99 Å². The molecule has 2 N–H and O–H groups in total. The van der Waals surface area contributed by atoms with Crippen molar-refractivity contribution >= 4 is 36.0 Å². The summed E-state index contributed by atoms with van der Waals surface area (Å²) < 4.78 is 5.07. The fourth-order valence-corrected chi connectivity index (χ4v) is 3.38. The first-order chi connectivity index (χ1) is 13.5. The Hall–Kier alpha value is -1.51. The third kappa shape index (κ3) is 8.80. The second-order valence-corrected chi connectivity index (χ2v) is 7.60. The second-order valence-electron chi connectivity index (χ2n) is 7.60. The maximum Gasteiger partial charge on any atom is 0.409 e. The minimum absolute atomic E-state index is 0. The first-order valence-electron chi connectivity index (χ1n) is 10.5. The molecule has 29 heavy (non-hydrogen) atoms. The summed E-state index contributed by atoms with van der Waals surface area (Å²) in [6, 6.07) is 9.27. The smallest absolute Gasteiger partial charge is 0.409 e. The lowest BCUT2D eigenvalue weighted by Gasteiger charge is -2.32. The lowest BCUT2D eigenvalue weighted by Crippen LogP contribution is -2.50. The predicted molar refractivity (Wildman–Crippen MR) is 130 cm³/mol. The number of guanidine groups is 1. The summed E-state index contributed by atoms with van der Waals surface area (Å²) in [7, 11) is 1.80. The van der Waals surface area contributed by atoms with E-state index < -0.39 is 0 Å². The van der Waals surface area contributed by atoms with Crippen molar-refractivity contribution in [3.63, 3.8) is 0 Å². The van der Waals surface area contributed by atoms with E-state index >= 15 is 0 Å². The van der Waals surface area contributed by atoms with E-state index in [0.29, 0.717) is 18.6 Å². The van der Waals surface area contributed by atoms with Crippen LogP contribution in [0.4, 0.5) is 4.79 Å². The van der Waals surface area contributed by atoms with Gasteiger partial charge in [0.25, 0.3) is 0 Å². The van der Waals surface area contributed by atoms with Crippen LogP contribution in [0.1, 0.15) is 57.1 Å². The molecule has 1 fully saturated rings. The molecule has 1 heterocycles. The molecule has 0 atom stereocenters. The number of piperidine rings is 1. The van der Waals surface area contributed by atoms with Crippen LogP contribution in [0.5, 0.6) is 0 Å². The van der Waals surface area contributed by atoms with Crippen molar-refractivity contribution in [2.75, 3.05) is 33.3 Å². The molecule has 0 saturated carbocycles. The van der Waals surface area contributed by atoms with Crippen molar-refractivity contribution in [3.8, 4) is 0 Å². The minimum atomic E-state index is -0.204. The van der Waals surface area contributed by atoms with Crippen LogP contribution in [-0.4, -0.2) is 56.3 Å². The standard InChI is InChI=1S/C22H36N4O2.HI/c1-5-28-22(27)26-15-12-20(13-16-26)25-21(23-4)24-14-6-7-18-8-10-19(11-9-18)17(2)3;/h8-11,17,20H,5-7,12-16H2,1-4H3,(H2,23,24,25);1H. The summed E-state index contributed by atoms with van der Waals surface area (Å²) in [5.74, 6) is 1.42. The Labute approximate surface area is 192 Å². The van der Waals surface area contributed by atoms with Crippen LogP contribution in [-0.2, 0) is 11.2 Å². The lowest BCUT2D eigenvalue weighted by molar-refractivity contribution is 0.0963. The van der Waals surface area contributed by atoms with Gasteiger partial charge in [0.2, 0.25) is 0 Å². The van der Waals surface area contributed by atoms with Gasteiger partial charge in [-0.1, -0.05) is 38.1 Å². The molecule has 6 nitrogen and oxygen atoms in total. The molecular formula is C22H37IN4O2. The van der Waals surface area contributed by atoms with E-state index in [1.165, 1.54) is 11.1 Å². The van der Waals surface area contributed by atoms with E-state index in [2.05, 4.69) is 53.7 Å². The molecule has 7 heteroatoms. The first kappa shape index (κ1) is 25.5. The Morgan fingerprint density at radius 2 is 1.90 bits per heavy atom. The minimum Gasteiger partial charge on any atom is -0.450 e. The molecule has 0 aliphatic carbocycles. The maximum absolute atomic E-state index is 11.8. The molecule has 2 rings (SSSR count). The number of nitrogens with zero attached hydrogens (tertiary/aromatic N) is 2. The number of aryl methyl sites for hydroxylation is 1. The number of hydrogen-bond acceptors (Lipinski definition) is 3. The number of ether oxygens (including phenoxy) is 1. The monoisotopic (exact) mass is 516 g/mol. The van der Waals surface area contributed by atoms with E-state index in [0.717, 1.165) is 51.3 Å². The predicted octanol–water partition coefficient (Wildman–Crippen LogP) is 4.15. The molecule has 1 saturated heterocycles. The van der Waals surface area contributed by atoms with Gasteiger partial charge in [0, 0.05) is 32.7 Å². The number of rotatable bonds is 7. The third-order valence-corrected chi connectivity index (χ3v) is 5.17. The van der Waals surface area contributed by atoms with Crippen molar-refractivity contribution in [1.29, 1.82) is 0 Å². The van der Waals surface area contributed by atoms with Crippen LogP contribution in [0.2, 0.25) is 0 Å². The van der Waals surface area contributed by atoms with E-state index in [1.54, 1.807) is 11.9 Å². The number of carbonyl (C=O) groups excluding carboxylic acids is 1. The maximum atomic E-state index is 11.8. The number of halogens is 1. The van der Waals surface area contributed by atoms with Crippen LogP contribution >= 0.6 is 24.0 Å². The Kier molecular flexibility index (Phi) is 12.0. The first-order valence-corrected chi connectivity index (χ1v) is 10.5. The number of carbonyl (C=O) groups is 1. The quantitative estimate of drug-likeness (QED) is 0.248. The highest BCUT2D eigenvalue weighted by atomic mass is 127. The topological polar surface area (TPSA) is 66.0 Å². The zero-order valence-corrected chi connectivity index (χ0v) is 20.6. The molecule has 1 aliphatic heterocycles. The third-order valence-electron chi connectivity index (χ3n) is 5.17. The SMILES string of the molecule is CCOC(=O)N1CCC(NC(=NC)NCCCc2ccc(C(C)C)cc2)CC1.I. The molecule has 164 valence electrons. The van der Waals surface area contributed by atoms with E-state index in [-0.39, 0.29) is 30.1 Å². The highest BCUT2D eigenvalue weighted by molar-refractivity contribution is 14.0. The summed E-state index contributed by atoms with van der Waals surface area (Å²) in [5.41, 5.74) is 2.76. The van der Waals surface area contributed by atoms with Crippen LogP contribution in [0, 0.1) is 0 Å². The molecule has 1 aromatic carbocycles. The van der Waals surface area contributed by atoms with Crippen molar-refractivity contribution < 1.29 is 9.53 Å². The summed E-state index contributed by atoms with van der Waals surface area (Å²) in [6.07, 6.45) is 3.72. The Bertz CT molecular complexity index is 626. The van der Waals surface area contributed by atoms with Gasteiger partial charge in [0.15, 0.2) is 5.96 Å². The van der Waals surface area contributed by atoms with Crippen molar-refractivity contribution in [1.82, 2.24) is 15.5 Å². The number of likely N-dealkylation sites (tertiary alicyclic amines) is 1. The number of nitrogens with one attached hydrogen (secondary N) is 2. The number of aliphatic imine (C=N–C) groups is 1. The fraction of sp³-hybridized carbons (Fsp3) is 0.636. The van der Waals surface area contributed by atoms with Crippen LogP contribution in [0.3, 0.4) is 0 Å². The lowest BCUT2D eigenvalue weighted by atomic mass is 10.0. The molecule has 0 bridgehead atoms. The largest absolute Gasteiger partial charge is 0.450 e. The van der Waals surface area contributed by atoms with Gasteiger partial charge in [0.1, 0.15) is 0 Å². The highest BCUT2D eigenvalue weighted by Gasteiger charge is 2.23. The molecule has 1 aliphatic rings. The summed E-state index contributed by atoms with van der Waals surface area (Å²) >= 11 is 0. The van der Waals surface area contributed by atoms with Gasteiger partial charge in [0.05, 0.1) is 6.61 Å². The zero-order chi connectivity index (χ0) is 20.4. The Morgan fingerprint density at radius 1 is 1.24 bits per heavy atom.